The third kappa shape index (κ3) is 11.9. The average molecular weight is 731 g/mol. The fourth-order valence-electron chi connectivity index (χ4n) is 7.54. The van der Waals surface area contributed by atoms with Crippen LogP contribution in [0, 0.1) is 17.8 Å². The topological polar surface area (TPSA) is 186 Å². The zero-order valence-corrected chi connectivity index (χ0v) is 32.3. The molecular weight excluding hydrogens is 664 g/mol. The minimum atomic E-state index is -1.79. The van der Waals surface area contributed by atoms with Gasteiger partial charge in [0.05, 0.1) is 29.8 Å². The van der Waals surface area contributed by atoms with Crippen LogP contribution in [0.5, 0.6) is 0 Å². The highest BCUT2D eigenvalue weighted by Gasteiger charge is 2.49. The second-order valence-electron chi connectivity index (χ2n) is 15.3. The number of esters is 1. The number of carbonyl (C=O) groups is 1. The molecule has 14 heteroatoms. The normalized spacial score (nSPS) is 40.2. The lowest BCUT2D eigenvalue weighted by molar-refractivity contribution is -0.289. The third-order valence-electron chi connectivity index (χ3n) is 10.6. The smallest absolute Gasteiger partial charge is 0.311 e. The molecule has 0 aliphatic carbocycles. The molecule has 13 nitrogen and oxygen atoms in total. The molecule has 2 aliphatic heterocycles. The van der Waals surface area contributed by atoms with Crippen LogP contribution in [0.2, 0.25) is 0 Å². The molecule has 0 saturated carbocycles. The Kier molecular flexibility index (Phi) is 17.0. The van der Waals surface area contributed by atoms with Gasteiger partial charge in [0.2, 0.25) is 0 Å². The maximum Gasteiger partial charge on any atom is 0.311 e. The number of thiazole rings is 1. The maximum atomic E-state index is 13.5. The second kappa shape index (κ2) is 19.7. The van der Waals surface area contributed by atoms with Crippen molar-refractivity contribution in [3.63, 3.8) is 0 Å². The van der Waals surface area contributed by atoms with E-state index < -0.39 is 71.9 Å². The largest absolute Gasteiger partial charge is 0.459 e. The second-order valence-corrected chi connectivity index (χ2v) is 16.2. The highest BCUT2D eigenvalue weighted by Crippen LogP contribution is 2.36. The molecule has 3 heterocycles. The number of nitrogens with one attached hydrogen (secondary N) is 2. The van der Waals surface area contributed by atoms with Crippen LogP contribution in [-0.2, 0) is 25.5 Å². The molecule has 2 aliphatic rings. The summed E-state index contributed by atoms with van der Waals surface area (Å²) in [5, 5.41) is 67.6. The van der Waals surface area contributed by atoms with Gasteiger partial charge in [-0.2, -0.15) is 0 Å². The molecule has 2 fully saturated rings. The molecule has 290 valence electrons. The number of hydrogen-bond donors (Lipinski definition) is 7. The van der Waals surface area contributed by atoms with Crippen LogP contribution in [0.3, 0.4) is 0 Å². The molecule has 13 atom stereocenters. The zero-order chi connectivity index (χ0) is 37.2. The fourth-order valence-corrected chi connectivity index (χ4v) is 8.13. The summed E-state index contributed by atoms with van der Waals surface area (Å²) in [4.78, 5) is 19.9. The van der Waals surface area contributed by atoms with Gasteiger partial charge in [-0.1, -0.05) is 20.8 Å². The minimum Gasteiger partial charge on any atom is -0.459 e. The van der Waals surface area contributed by atoms with E-state index >= 15 is 0 Å². The number of aliphatic hydroxyl groups is 5. The first-order valence-electron chi connectivity index (χ1n) is 18.5. The van der Waals surface area contributed by atoms with E-state index in [4.69, 9.17) is 14.2 Å². The number of carbonyl (C=O) groups excluding carboxylic acids is 1. The van der Waals surface area contributed by atoms with Crippen LogP contribution in [0.1, 0.15) is 92.5 Å². The van der Waals surface area contributed by atoms with Crippen molar-refractivity contribution in [2.24, 2.45) is 17.8 Å². The molecular formula is C36H66N4O9S. The molecule has 0 bridgehead atoms. The van der Waals surface area contributed by atoms with Gasteiger partial charge in [-0.3, -0.25) is 9.69 Å². The van der Waals surface area contributed by atoms with E-state index in [2.05, 4.69) is 20.5 Å². The van der Waals surface area contributed by atoms with Crippen LogP contribution >= 0.6 is 11.3 Å². The average Bonchev–Trinajstić information content (AvgIpc) is 3.59. The summed E-state index contributed by atoms with van der Waals surface area (Å²) >= 11 is 1.62. The number of aliphatic hydroxyl groups excluding tert-OH is 3. The van der Waals surface area contributed by atoms with E-state index in [-0.39, 0.29) is 24.9 Å². The quantitative estimate of drug-likeness (QED) is 0.123. The molecule has 0 aromatic carbocycles. The molecule has 1 aromatic rings. The molecule has 0 spiro atoms. The van der Waals surface area contributed by atoms with E-state index in [1.54, 1.807) is 38.3 Å². The lowest BCUT2D eigenvalue weighted by Crippen LogP contribution is -2.59. The van der Waals surface area contributed by atoms with Gasteiger partial charge in [-0.25, -0.2) is 4.98 Å². The van der Waals surface area contributed by atoms with Crippen LogP contribution < -0.4 is 10.6 Å². The van der Waals surface area contributed by atoms with Gasteiger partial charge >= 0.3 is 5.97 Å². The van der Waals surface area contributed by atoms with Crippen LogP contribution in [0.15, 0.2) is 11.6 Å². The molecule has 2 saturated heterocycles. The van der Waals surface area contributed by atoms with Crippen molar-refractivity contribution in [1.29, 1.82) is 0 Å². The number of cyclic esters (lactones) is 1. The van der Waals surface area contributed by atoms with Crippen LogP contribution in [-0.4, -0.2) is 134 Å². The summed E-state index contributed by atoms with van der Waals surface area (Å²) in [5.41, 5.74) is -3.29. The van der Waals surface area contributed by atoms with E-state index in [9.17, 15) is 30.3 Å². The summed E-state index contributed by atoms with van der Waals surface area (Å²) in [6.45, 7) is 18.1. The van der Waals surface area contributed by atoms with Crippen molar-refractivity contribution in [3.8, 4) is 0 Å². The molecule has 1 aromatic heterocycles. The number of ether oxygens (including phenoxy) is 3. The van der Waals surface area contributed by atoms with Crippen molar-refractivity contribution < 1.29 is 44.5 Å². The van der Waals surface area contributed by atoms with Gasteiger partial charge < -0.3 is 50.4 Å². The number of aromatic nitrogens is 1. The van der Waals surface area contributed by atoms with Crippen molar-refractivity contribution in [2.45, 2.75) is 154 Å². The van der Waals surface area contributed by atoms with Crippen molar-refractivity contribution in [1.82, 2.24) is 20.5 Å². The first-order chi connectivity index (χ1) is 23.5. The van der Waals surface area contributed by atoms with Gasteiger partial charge in [0.15, 0.2) is 6.29 Å². The first kappa shape index (κ1) is 43.1. The van der Waals surface area contributed by atoms with Gasteiger partial charge in [-0.05, 0) is 85.7 Å². The van der Waals surface area contributed by atoms with Crippen molar-refractivity contribution >= 4 is 17.3 Å². The minimum absolute atomic E-state index is 0.124. The molecule has 0 radical (unpaired) electrons. The van der Waals surface area contributed by atoms with Gasteiger partial charge in [0.1, 0.15) is 28.9 Å². The Bertz CT molecular complexity index is 1130. The molecule has 0 amide bonds. The van der Waals surface area contributed by atoms with Gasteiger partial charge in [-0.15, -0.1) is 11.3 Å². The van der Waals surface area contributed by atoms with E-state index in [0.717, 1.165) is 37.6 Å². The van der Waals surface area contributed by atoms with E-state index in [1.165, 1.54) is 13.8 Å². The summed E-state index contributed by atoms with van der Waals surface area (Å²) in [6.07, 6.45) is -2.49. The number of hydrogen-bond acceptors (Lipinski definition) is 14. The maximum absolute atomic E-state index is 13.5. The number of rotatable bonds is 12. The Balaban J connectivity index is 1.82. The molecule has 7 N–H and O–H groups in total. The lowest BCUT2D eigenvalue weighted by atomic mass is 9.78. The highest BCUT2D eigenvalue weighted by atomic mass is 32.1. The standard InChI is InChI=1S/C36H66N4O9S/c1-9-28-36(8,46)31(43)26(6)40(17-10-13-37-14-15-38-20-29-39-16-18-50-29)21-22(2)19-35(7,45)32(24(4)30(42)25(5)33(44)48-28)49-34-27(41)12-11-23(3)47-34/h16,18,22-28,30-32,34,37-38,41-43,45-46H,9-15,17,19-21H2,1-8H3/t22-,23-,24+,25-,26+,27-,28+,30+,31-,32-,34+,35-,36-/m1/s1. The molecule has 50 heavy (non-hydrogen) atoms. The van der Waals surface area contributed by atoms with Crippen LogP contribution in [0.4, 0.5) is 0 Å². The molecule has 3 rings (SSSR count). The summed E-state index contributed by atoms with van der Waals surface area (Å²) in [5.74, 6) is -2.68. The Labute approximate surface area is 303 Å². The monoisotopic (exact) mass is 730 g/mol. The predicted molar refractivity (Wildman–Crippen MR) is 192 cm³/mol. The van der Waals surface area contributed by atoms with Crippen molar-refractivity contribution in [2.75, 3.05) is 32.7 Å². The third-order valence-corrected chi connectivity index (χ3v) is 11.4. The Morgan fingerprint density at radius 2 is 1.76 bits per heavy atom. The predicted octanol–water partition coefficient (Wildman–Crippen LogP) is 2.03. The lowest BCUT2D eigenvalue weighted by Gasteiger charge is -2.44. The Morgan fingerprint density at radius 1 is 1.06 bits per heavy atom. The van der Waals surface area contributed by atoms with Gasteiger partial charge in [0.25, 0.3) is 0 Å². The first-order valence-corrected chi connectivity index (χ1v) is 19.4. The summed E-state index contributed by atoms with van der Waals surface area (Å²) < 4.78 is 18.1. The summed E-state index contributed by atoms with van der Waals surface area (Å²) in [7, 11) is 0. The van der Waals surface area contributed by atoms with E-state index in [0.29, 0.717) is 25.9 Å². The van der Waals surface area contributed by atoms with Gasteiger partial charge in [0, 0.05) is 49.7 Å². The Hall–Kier alpha value is -1.30. The highest BCUT2D eigenvalue weighted by molar-refractivity contribution is 7.09. The van der Waals surface area contributed by atoms with Crippen LogP contribution in [0.25, 0.3) is 0 Å². The molecule has 0 unspecified atom stereocenters. The summed E-state index contributed by atoms with van der Waals surface area (Å²) in [6, 6.07) is -0.531. The zero-order valence-electron chi connectivity index (χ0n) is 31.5. The Morgan fingerprint density at radius 3 is 2.42 bits per heavy atom. The SMILES string of the molecule is CC[C@@H]1OC(=O)[C@H](C)[C@@H](O)[C@H](C)[C@@H](O[C@@H]2O[C@H](C)CC[C@H]2O)[C@](C)(O)C[C@@H](C)CN(CCCNCCNCc2nccs2)[C@@H](C)[C@@H](O)[C@]1(C)O. The van der Waals surface area contributed by atoms with E-state index in [1.807, 2.05) is 26.2 Å². The fraction of sp³-hybridized carbons (Fsp3) is 0.889. The number of nitrogens with zero attached hydrogens (tertiary/aromatic N) is 2. The van der Waals surface area contributed by atoms with Crippen molar-refractivity contribution in [3.05, 3.63) is 16.6 Å².